The van der Waals surface area contributed by atoms with Crippen LogP contribution in [0.3, 0.4) is 0 Å². The molecule has 4 heteroatoms. The third kappa shape index (κ3) is 2.62. The second kappa shape index (κ2) is 5.46. The SMILES string of the molecule is CC(C)C(CN)(CO)CCc1ccnn1C. The zero-order chi connectivity index (χ0) is 12.2. The summed E-state index contributed by atoms with van der Waals surface area (Å²) in [5.41, 5.74) is 6.84. The van der Waals surface area contributed by atoms with Crippen LogP contribution >= 0.6 is 0 Å². The monoisotopic (exact) mass is 225 g/mol. The van der Waals surface area contributed by atoms with Gasteiger partial charge in [-0.3, -0.25) is 4.68 Å². The lowest BCUT2D eigenvalue weighted by Gasteiger charge is -2.34. The van der Waals surface area contributed by atoms with E-state index < -0.39 is 0 Å². The van der Waals surface area contributed by atoms with Gasteiger partial charge in [-0.15, -0.1) is 0 Å². The van der Waals surface area contributed by atoms with Crippen molar-refractivity contribution in [1.29, 1.82) is 0 Å². The Balaban J connectivity index is 2.67. The quantitative estimate of drug-likeness (QED) is 0.757. The van der Waals surface area contributed by atoms with Gasteiger partial charge in [0.15, 0.2) is 0 Å². The highest BCUT2D eigenvalue weighted by atomic mass is 16.3. The van der Waals surface area contributed by atoms with Crippen LogP contribution in [0, 0.1) is 11.3 Å². The average molecular weight is 225 g/mol. The summed E-state index contributed by atoms with van der Waals surface area (Å²) >= 11 is 0. The Morgan fingerprint density at radius 3 is 2.62 bits per heavy atom. The minimum absolute atomic E-state index is 0.152. The Labute approximate surface area is 97.5 Å². The number of aryl methyl sites for hydroxylation is 2. The van der Waals surface area contributed by atoms with Gasteiger partial charge in [-0.25, -0.2) is 0 Å². The van der Waals surface area contributed by atoms with Crippen molar-refractivity contribution in [3.05, 3.63) is 18.0 Å². The van der Waals surface area contributed by atoms with Crippen molar-refractivity contribution in [3.8, 4) is 0 Å². The van der Waals surface area contributed by atoms with Gasteiger partial charge in [0, 0.05) is 30.9 Å². The number of hydrogen-bond acceptors (Lipinski definition) is 3. The summed E-state index contributed by atoms with van der Waals surface area (Å²) in [7, 11) is 1.94. The molecule has 4 nitrogen and oxygen atoms in total. The largest absolute Gasteiger partial charge is 0.396 e. The van der Waals surface area contributed by atoms with E-state index in [9.17, 15) is 5.11 Å². The molecule has 16 heavy (non-hydrogen) atoms. The Morgan fingerprint density at radius 1 is 1.56 bits per heavy atom. The van der Waals surface area contributed by atoms with Crippen LogP contribution in [0.1, 0.15) is 26.0 Å². The highest BCUT2D eigenvalue weighted by Gasteiger charge is 2.31. The molecule has 0 fully saturated rings. The topological polar surface area (TPSA) is 64.1 Å². The van der Waals surface area contributed by atoms with Crippen molar-refractivity contribution >= 4 is 0 Å². The Morgan fingerprint density at radius 2 is 2.25 bits per heavy atom. The number of aliphatic hydroxyl groups excluding tert-OH is 1. The third-order valence-corrected chi connectivity index (χ3v) is 3.75. The van der Waals surface area contributed by atoms with Gasteiger partial charge in [0.25, 0.3) is 0 Å². The molecule has 0 saturated heterocycles. The smallest absolute Gasteiger partial charge is 0.0502 e. The molecule has 0 saturated carbocycles. The maximum absolute atomic E-state index is 9.54. The van der Waals surface area contributed by atoms with Crippen LogP contribution in [-0.4, -0.2) is 28.0 Å². The zero-order valence-corrected chi connectivity index (χ0v) is 10.5. The standard InChI is InChI=1S/C12H23N3O/c1-10(2)12(8-13,9-16)6-4-11-5-7-14-15(11)3/h5,7,10,16H,4,6,8-9,13H2,1-3H3. The maximum Gasteiger partial charge on any atom is 0.0502 e. The van der Waals surface area contributed by atoms with E-state index in [-0.39, 0.29) is 12.0 Å². The molecule has 0 aliphatic rings. The van der Waals surface area contributed by atoms with Crippen molar-refractivity contribution < 1.29 is 5.11 Å². The van der Waals surface area contributed by atoms with E-state index in [0.29, 0.717) is 12.5 Å². The molecule has 1 atom stereocenters. The lowest BCUT2D eigenvalue weighted by Crippen LogP contribution is -2.39. The number of aliphatic hydroxyl groups is 1. The summed E-state index contributed by atoms with van der Waals surface area (Å²) in [5.74, 6) is 0.385. The van der Waals surface area contributed by atoms with E-state index in [4.69, 9.17) is 5.73 Å². The van der Waals surface area contributed by atoms with Crippen LogP contribution in [-0.2, 0) is 13.5 Å². The second-order valence-electron chi connectivity index (χ2n) is 4.83. The Kier molecular flexibility index (Phi) is 4.50. The van der Waals surface area contributed by atoms with E-state index >= 15 is 0 Å². The van der Waals surface area contributed by atoms with Crippen molar-refractivity contribution in [3.63, 3.8) is 0 Å². The number of aromatic nitrogens is 2. The maximum atomic E-state index is 9.54. The predicted molar refractivity (Wildman–Crippen MR) is 64.9 cm³/mol. The van der Waals surface area contributed by atoms with E-state index in [0.717, 1.165) is 12.8 Å². The van der Waals surface area contributed by atoms with Crippen LogP contribution in [0.2, 0.25) is 0 Å². The first-order valence-electron chi connectivity index (χ1n) is 5.83. The summed E-state index contributed by atoms with van der Waals surface area (Å²) in [6.45, 7) is 4.91. The molecule has 1 rings (SSSR count). The zero-order valence-electron chi connectivity index (χ0n) is 10.5. The number of hydrogen-bond donors (Lipinski definition) is 2. The molecule has 1 unspecified atom stereocenters. The third-order valence-electron chi connectivity index (χ3n) is 3.75. The van der Waals surface area contributed by atoms with Gasteiger partial charge < -0.3 is 10.8 Å². The fraction of sp³-hybridized carbons (Fsp3) is 0.750. The molecule has 0 bridgehead atoms. The van der Waals surface area contributed by atoms with Crippen LogP contribution < -0.4 is 5.73 Å². The van der Waals surface area contributed by atoms with Gasteiger partial charge in [-0.1, -0.05) is 13.8 Å². The summed E-state index contributed by atoms with van der Waals surface area (Å²) in [6.07, 6.45) is 3.61. The molecular formula is C12H23N3O. The van der Waals surface area contributed by atoms with Crippen LogP contribution in [0.15, 0.2) is 12.3 Å². The van der Waals surface area contributed by atoms with Crippen LogP contribution in [0.25, 0.3) is 0 Å². The molecule has 0 amide bonds. The summed E-state index contributed by atoms with van der Waals surface area (Å²) in [5, 5.41) is 13.7. The lowest BCUT2D eigenvalue weighted by molar-refractivity contribution is 0.0749. The van der Waals surface area contributed by atoms with Crippen molar-refractivity contribution in [1.82, 2.24) is 9.78 Å². The minimum atomic E-state index is -0.162. The fourth-order valence-corrected chi connectivity index (χ4v) is 1.98. The first-order valence-corrected chi connectivity index (χ1v) is 5.83. The van der Waals surface area contributed by atoms with Crippen molar-refractivity contribution in [2.24, 2.45) is 24.1 Å². The van der Waals surface area contributed by atoms with E-state index in [1.807, 2.05) is 17.8 Å². The van der Waals surface area contributed by atoms with E-state index in [2.05, 4.69) is 18.9 Å². The van der Waals surface area contributed by atoms with Gasteiger partial charge in [0.2, 0.25) is 0 Å². The molecular weight excluding hydrogens is 202 g/mol. The second-order valence-corrected chi connectivity index (χ2v) is 4.83. The molecule has 1 heterocycles. The first kappa shape index (κ1) is 13.2. The summed E-state index contributed by atoms with van der Waals surface area (Å²) < 4.78 is 1.87. The fourth-order valence-electron chi connectivity index (χ4n) is 1.98. The highest BCUT2D eigenvalue weighted by molar-refractivity contribution is 5.01. The van der Waals surface area contributed by atoms with Crippen LogP contribution in [0.4, 0.5) is 0 Å². The normalized spacial score (nSPS) is 15.4. The molecule has 0 aromatic carbocycles. The number of nitrogens with two attached hydrogens (primary N) is 1. The van der Waals surface area contributed by atoms with Gasteiger partial charge in [0.1, 0.15) is 0 Å². The first-order chi connectivity index (χ1) is 7.55. The number of rotatable bonds is 6. The summed E-state index contributed by atoms with van der Waals surface area (Å²) in [4.78, 5) is 0. The molecule has 92 valence electrons. The summed E-state index contributed by atoms with van der Waals surface area (Å²) in [6, 6.07) is 2.01. The molecule has 0 aliphatic carbocycles. The average Bonchev–Trinajstić information content (AvgIpc) is 2.66. The number of nitrogens with zero attached hydrogens (tertiary/aromatic N) is 2. The van der Waals surface area contributed by atoms with Gasteiger partial charge >= 0.3 is 0 Å². The van der Waals surface area contributed by atoms with Crippen molar-refractivity contribution in [2.75, 3.05) is 13.2 Å². The van der Waals surface area contributed by atoms with Gasteiger partial charge in [-0.2, -0.15) is 5.10 Å². The molecule has 1 aromatic heterocycles. The van der Waals surface area contributed by atoms with E-state index in [1.54, 1.807) is 6.20 Å². The molecule has 0 spiro atoms. The molecule has 0 radical (unpaired) electrons. The Hall–Kier alpha value is -0.870. The van der Waals surface area contributed by atoms with Crippen molar-refractivity contribution in [2.45, 2.75) is 26.7 Å². The molecule has 1 aromatic rings. The predicted octanol–water partition coefficient (Wildman–Crippen LogP) is 0.946. The minimum Gasteiger partial charge on any atom is -0.396 e. The highest BCUT2D eigenvalue weighted by Crippen LogP contribution is 2.31. The van der Waals surface area contributed by atoms with Gasteiger partial charge in [-0.05, 0) is 24.8 Å². The lowest BCUT2D eigenvalue weighted by atomic mass is 9.74. The Bertz CT molecular complexity index is 316. The van der Waals surface area contributed by atoms with Crippen LogP contribution in [0.5, 0.6) is 0 Å². The van der Waals surface area contributed by atoms with E-state index in [1.165, 1.54) is 5.69 Å². The molecule has 3 N–H and O–H groups in total. The molecule has 0 aliphatic heterocycles. The van der Waals surface area contributed by atoms with Gasteiger partial charge in [0.05, 0.1) is 6.61 Å².